The Morgan fingerprint density at radius 3 is 2.54 bits per heavy atom. The van der Waals surface area contributed by atoms with E-state index in [9.17, 15) is 14.4 Å². The number of alkyl halides is 2. The van der Waals surface area contributed by atoms with Crippen molar-refractivity contribution >= 4 is 17.3 Å². The van der Waals surface area contributed by atoms with E-state index in [0.29, 0.717) is 12.8 Å². The molecule has 4 aliphatic carbocycles. The van der Waals surface area contributed by atoms with Gasteiger partial charge in [0.1, 0.15) is 12.0 Å². The maximum Gasteiger partial charge on any atom is 0.181 e. The molecule has 0 saturated heterocycles. The molecule has 5 heteroatoms. The highest BCUT2D eigenvalue weighted by atomic mass is 19.1. The molecule has 7 atom stereocenters. The summed E-state index contributed by atoms with van der Waals surface area (Å²) in [5.41, 5.74) is -3.80. The topological polar surface area (TPSA) is 51.2 Å². The molecule has 3 fully saturated rings. The highest BCUT2D eigenvalue weighted by Gasteiger charge is 2.72. The summed E-state index contributed by atoms with van der Waals surface area (Å²) in [4.78, 5) is 37.1. The van der Waals surface area contributed by atoms with Gasteiger partial charge >= 0.3 is 0 Å². The van der Waals surface area contributed by atoms with E-state index < -0.39 is 34.4 Å². The molecule has 0 aromatic heterocycles. The lowest BCUT2D eigenvalue weighted by molar-refractivity contribution is -0.177. The van der Waals surface area contributed by atoms with Crippen LogP contribution < -0.4 is 0 Å². The molecule has 0 aliphatic heterocycles. The van der Waals surface area contributed by atoms with Crippen molar-refractivity contribution < 1.29 is 23.2 Å². The summed E-state index contributed by atoms with van der Waals surface area (Å²) in [5.74, 6) is -1.79. The van der Waals surface area contributed by atoms with Crippen molar-refractivity contribution in [1.29, 1.82) is 0 Å². The number of halogens is 2. The fraction of sp³-hybridized carbons (Fsp3) is 0.762. The van der Waals surface area contributed by atoms with Crippen LogP contribution in [0, 0.1) is 28.6 Å². The van der Waals surface area contributed by atoms with Crippen molar-refractivity contribution in [3.05, 3.63) is 11.6 Å². The fourth-order valence-corrected chi connectivity index (χ4v) is 6.95. The number of carbonyl (C=O) groups excluding carboxylic acids is 3. The molecule has 3 nitrogen and oxygen atoms in total. The molecular weight excluding hydrogens is 338 g/mol. The minimum Gasteiger partial charge on any atom is -0.300 e. The second-order valence-electron chi connectivity index (χ2n) is 9.37. The number of allylic oxidation sites excluding steroid dienone is 1. The third-order valence-electron chi connectivity index (χ3n) is 8.27. The lowest BCUT2D eigenvalue weighted by atomic mass is 9.44. The van der Waals surface area contributed by atoms with E-state index >= 15 is 8.78 Å². The van der Waals surface area contributed by atoms with E-state index in [1.807, 2.05) is 6.92 Å². The van der Waals surface area contributed by atoms with Crippen molar-refractivity contribution in [2.45, 2.75) is 71.1 Å². The van der Waals surface area contributed by atoms with Crippen LogP contribution in [0.5, 0.6) is 0 Å². The Bertz CT molecular complexity index is 744. The highest BCUT2D eigenvalue weighted by Crippen LogP contribution is 2.68. The van der Waals surface area contributed by atoms with Crippen molar-refractivity contribution in [2.75, 3.05) is 0 Å². The van der Waals surface area contributed by atoms with E-state index in [1.54, 1.807) is 6.92 Å². The van der Waals surface area contributed by atoms with Gasteiger partial charge in [0.05, 0.1) is 0 Å². The molecule has 0 spiro atoms. The number of rotatable bonds is 1. The Labute approximate surface area is 152 Å². The van der Waals surface area contributed by atoms with Gasteiger partial charge < -0.3 is 0 Å². The standard InChI is InChI=1S/C21H26F2O3/c1-11(24)13-4-5-14-15-9-17(22)16-8-12(25)6-7-20(16,3)21(15,23)18(26)10-19(13,14)2/h8,13-15,17H,4-7,9-10H2,1-3H3/t13-,14+,15+,17-,19-,20+,21+/m1/s1. The molecule has 4 rings (SSSR count). The van der Waals surface area contributed by atoms with Crippen LogP contribution in [0.3, 0.4) is 0 Å². The van der Waals surface area contributed by atoms with Crippen LogP contribution in [0.1, 0.15) is 59.3 Å². The predicted octanol–water partition coefficient (Wildman–Crippen LogP) is 3.94. The van der Waals surface area contributed by atoms with E-state index in [4.69, 9.17) is 0 Å². The van der Waals surface area contributed by atoms with Crippen LogP contribution in [-0.4, -0.2) is 29.2 Å². The van der Waals surface area contributed by atoms with Gasteiger partial charge in [-0.05, 0) is 55.6 Å². The number of hydrogen-bond acceptors (Lipinski definition) is 3. The van der Waals surface area contributed by atoms with E-state index in [1.165, 1.54) is 13.0 Å². The van der Waals surface area contributed by atoms with Crippen molar-refractivity contribution in [2.24, 2.45) is 28.6 Å². The quantitative estimate of drug-likeness (QED) is 0.708. The molecule has 26 heavy (non-hydrogen) atoms. The first-order valence-corrected chi connectivity index (χ1v) is 9.67. The van der Waals surface area contributed by atoms with Gasteiger partial charge in [-0.25, -0.2) is 8.78 Å². The Kier molecular flexibility index (Phi) is 3.69. The predicted molar refractivity (Wildman–Crippen MR) is 91.9 cm³/mol. The van der Waals surface area contributed by atoms with E-state index in [2.05, 4.69) is 0 Å². The average Bonchev–Trinajstić information content (AvgIpc) is 2.89. The van der Waals surface area contributed by atoms with Gasteiger partial charge in [0.2, 0.25) is 0 Å². The van der Waals surface area contributed by atoms with Crippen LogP contribution in [0.2, 0.25) is 0 Å². The van der Waals surface area contributed by atoms with Crippen LogP contribution in [0.25, 0.3) is 0 Å². The average molecular weight is 364 g/mol. The summed E-state index contributed by atoms with van der Waals surface area (Å²) in [5, 5.41) is 0. The molecule has 4 aliphatic rings. The Balaban J connectivity index is 1.84. The molecule has 0 unspecified atom stereocenters. The molecule has 0 heterocycles. The van der Waals surface area contributed by atoms with Gasteiger partial charge in [-0.1, -0.05) is 13.8 Å². The zero-order valence-electron chi connectivity index (χ0n) is 15.6. The largest absolute Gasteiger partial charge is 0.300 e. The van der Waals surface area contributed by atoms with Gasteiger partial charge in [-0.2, -0.15) is 0 Å². The van der Waals surface area contributed by atoms with E-state index in [0.717, 1.165) is 0 Å². The third kappa shape index (κ3) is 1.95. The number of carbonyl (C=O) groups is 3. The molecule has 0 amide bonds. The van der Waals surface area contributed by atoms with Gasteiger partial charge in [0.15, 0.2) is 17.2 Å². The smallest absolute Gasteiger partial charge is 0.181 e. The first kappa shape index (κ1) is 18.0. The number of ketones is 3. The first-order chi connectivity index (χ1) is 12.1. The normalized spacial score (nSPS) is 50.6. The molecule has 3 saturated carbocycles. The fourth-order valence-electron chi connectivity index (χ4n) is 6.95. The van der Waals surface area contributed by atoms with Gasteiger partial charge in [0.25, 0.3) is 0 Å². The summed E-state index contributed by atoms with van der Waals surface area (Å²) in [7, 11) is 0. The van der Waals surface area contributed by atoms with Gasteiger partial charge in [-0.15, -0.1) is 0 Å². The Hall–Kier alpha value is -1.39. The van der Waals surface area contributed by atoms with Crippen LogP contribution in [0.15, 0.2) is 11.6 Å². The van der Waals surface area contributed by atoms with Crippen LogP contribution in [0.4, 0.5) is 8.78 Å². The number of fused-ring (bicyclic) bond motifs is 5. The second-order valence-corrected chi connectivity index (χ2v) is 9.37. The first-order valence-electron chi connectivity index (χ1n) is 9.67. The van der Waals surface area contributed by atoms with Crippen LogP contribution >= 0.6 is 0 Å². The summed E-state index contributed by atoms with van der Waals surface area (Å²) in [6.07, 6.45) is 1.44. The van der Waals surface area contributed by atoms with Gasteiger partial charge in [0, 0.05) is 30.1 Å². The van der Waals surface area contributed by atoms with Crippen molar-refractivity contribution in [3.8, 4) is 0 Å². The monoisotopic (exact) mass is 364 g/mol. The second kappa shape index (κ2) is 5.32. The van der Waals surface area contributed by atoms with Crippen molar-refractivity contribution in [1.82, 2.24) is 0 Å². The molecule has 0 bridgehead atoms. The maximum atomic E-state index is 16.6. The molecule has 0 aromatic carbocycles. The Morgan fingerprint density at radius 1 is 1.19 bits per heavy atom. The van der Waals surface area contributed by atoms with Crippen LogP contribution in [-0.2, 0) is 14.4 Å². The lowest BCUT2D eigenvalue weighted by Crippen LogP contribution is -2.67. The number of Topliss-reactive ketones (excluding diaryl/α,β-unsaturated/α-hetero) is 2. The molecule has 142 valence electrons. The summed E-state index contributed by atoms with van der Waals surface area (Å²) >= 11 is 0. The summed E-state index contributed by atoms with van der Waals surface area (Å²) in [6.45, 7) is 5.08. The molecule has 0 radical (unpaired) electrons. The zero-order valence-corrected chi connectivity index (χ0v) is 15.6. The maximum absolute atomic E-state index is 16.6. The SMILES string of the molecule is CC(=O)[C@H]1CC[C@H]2[C@@H]3C[C@@H](F)C4=CC(=O)CC[C@]4(C)[C@@]3(F)C(=O)C[C@]12C. The van der Waals surface area contributed by atoms with Crippen molar-refractivity contribution in [3.63, 3.8) is 0 Å². The zero-order chi connectivity index (χ0) is 19.1. The molecule has 0 N–H and O–H groups in total. The lowest BCUT2D eigenvalue weighted by Gasteiger charge is -2.60. The minimum atomic E-state index is -2.14. The summed E-state index contributed by atoms with van der Waals surface area (Å²) < 4.78 is 31.7. The van der Waals surface area contributed by atoms with Gasteiger partial charge in [-0.3, -0.25) is 14.4 Å². The summed E-state index contributed by atoms with van der Waals surface area (Å²) in [6, 6.07) is 0. The minimum absolute atomic E-state index is 0.0304. The Morgan fingerprint density at radius 2 is 1.88 bits per heavy atom. The molecule has 0 aromatic rings. The number of hydrogen-bond donors (Lipinski definition) is 0. The highest BCUT2D eigenvalue weighted by molar-refractivity contribution is 5.96. The molecular formula is C21H26F2O3. The third-order valence-corrected chi connectivity index (χ3v) is 8.27. The van der Waals surface area contributed by atoms with E-state index in [-0.39, 0.29) is 54.7 Å².